The maximum atomic E-state index is 12.1. The molecule has 0 aromatic heterocycles. The van der Waals surface area contributed by atoms with Crippen molar-refractivity contribution in [3.8, 4) is 0 Å². The van der Waals surface area contributed by atoms with Crippen molar-refractivity contribution in [2.75, 3.05) is 23.3 Å². The minimum absolute atomic E-state index is 0.149. The predicted octanol–water partition coefficient (Wildman–Crippen LogP) is 3.88. The maximum Gasteiger partial charge on any atom is 0.319 e. The highest BCUT2D eigenvalue weighted by Crippen LogP contribution is 2.28. The first-order valence-corrected chi connectivity index (χ1v) is 9.13. The molecule has 1 aliphatic heterocycles. The molecule has 2 N–H and O–H groups in total. The highest BCUT2D eigenvalue weighted by molar-refractivity contribution is 5.97. The largest absolute Gasteiger partial charge is 0.338 e. The van der Waals surface area contributed by atoms with E-state index < -0.39 is 0 Å². The first-order chi connectivity index (χ1) is 12.6. The van der Waals surface area contributed by atoms with E-state index in [0.717, 1.165) is 37.1 Å². The van der Waals surface area contributed by atoms with Crippen LogP contribution in [-0.2, 0) is 11.2 Å². The molecule has 0 atom stereocenters. The van der Waals surface area contributed by atoms with Gasteiger partial charge in [-0.2, -0.15) is 0 Å². The summed E-state index contributed by atoms with van der Waals surface area (Å²) in [7, 11) is 0. The Morgan fingerprint density at radius 3 is 2.69 bits per heavy atom. The first-order valence-electron chi connectivity index (χ1n) is 9.13. The Bertz CT molecular complexity index is 774. The average Bonchev–Trinajstić information content (AvgIpc) is 3.07. The fourth-order valence-electron chi connectivity index (χ4n) is 3.20. The van der Waals surface area contributed by atoms with Crippen molar-refractivity contribution in [1.82, 2.24) is 5.32 Å². The Morgan fingerprint density at radius 2 is 1.96 bits per heavy atom. The lowest BCUT2D eigenvalue weighted by molar-refractivity contribution is -0.117. The van der Waals surface area contributed by atoms with E-state index in [2.05, 4.69) is 22.8 Å². The predicted molar refractivity (Wildman–Crippen MR) is 105 cm³/mol. The van der Waals surface area contributed by atoms with Crippen LogP contribution in [0.5, 0.6) is 0 Å². The van der Waals surface area contributed by atoms with Crippen LogP contribution in [0.15, 0.2) is 48.5 Å². The second-order valence-corrected chi connectivity index (χ2v) is 6.62. The van der Waals surface area contributed by atoms with Crippen molar-refractivity contribution >= 4 is 23.3 Å². The molecular formula is C21H25N3O2. The number of carbonyl (C=O) groups excluding carboxylic acids is 2. The van der Waals surface area contributed by atoms with Crippen molar-refractivity contribution in [1.29, 1.82) is 0 Å². The number of hydrogen-bond donors (Lipinski definition) is 2. The van der Waals surface area contributed by atoms with Gasteiger partial charge in [0.15, 0.2) is 0 Å². The fourth-order valence-corrected chi connectivity index (χ4v) is 3.20. The molecule has 1 aliphatic rings. The van der Waals surface area contributed by atoms with E-state index in [0.29, 0.717) is 18.7 Å². The van der Waals surface area contributed by atoms with Crippen LogP contribution in [0.4, 0.5) is 16.2 Å². The van der Waals surface area contributed by atoms with E-state index in [1.165, 1.54) is 5.56 Å². The number of benzene rings is 2. The summed E-state index contributed by atoms with van der Waals surface area (Å²) in [5.41, 5.74) is 3.89. The minimum Gasteiger partial charge on any atom is -0.338 e. The maximum absolute atomic E-state index is 12.1. The summed E-state index contributed by atoms with van der Waals surface area (Å²) in [6.45, 7) is 3.34. The zero-order chi connectivity index (χ0) is 18.4. The van der Waals surface area contributed by atoms with E-state index in [1.807, 2.05) is 43.3 Å². The molecule has 5 heteroatoms. The normalized spacial score (nSPS) is 13.7. The van der Waals surface area contributed by atoms with Crippen LogP contribution in [-0.4, -0.2) is 25.0 Å². The standard InChI is InChI=1S/C21H25N3O2/c1-16-11-12-18(15-19(16)24-14-6-10-20(24)25)23-21(26)22-13-5-9-17-7-3-2-4-8-17/h2-4,7-8,11-12,15H,5-6,9-10,13-14H2,1H3,(H2,22,23,26). The topological polar surface area (TPSA) is 61.4 Å². The molecule has 0 spiro atoms. The lowest BCUT2D eigenvalue weighted by atomic mass is 10.1. The van der Waals surface area contributed by atoms with E-state index in [9.17, 15) is 9.59 Å². The monoisotopic (exact) mass is 351 g/mol. The minimum atomic E-state index is -0.222. The van der Waals surface area contributed by atoms with E-state index in [-0.39, 0.29) is 11.9 Å². The number of aryl methyl sites for hydroxylation is 2. The molecule has 136 valence electrons. The van der Waals surface area contributed by atoms with Crippen LogP contribution in [0, 0.1) is 6.92 Å². The van der Waals surface area contributed by atoms with Crippen molar-refractivity contribution < 1.29 is 9.59 Å². The summed E-state index contributed by atoms with van der Waals surface area (Å²) < 4.78 is 0. The Morgan fingerprint density at radius 1 is 1.15 bits per heavy atom. The molecule has 3 amide bonds. The van der Waals surface area contributed by atoms with Gasteiger partial charge < -0.3 is 15.5 Å². The highest BCUT2D eigenvalue weighted by Gasteiger charge is 2.23. The van der Waals surface area contributed by atoms with Gasteiger partial charge in [-0.25, -0.2) is 4.79 Å². The molecule has 2 aromatic carbocycles. The van der Waals surface area contributed by atoms with Gasteiger partial charge in [-0.05, 0) is 49.4 Å². The smallest absolute Gasteiger partial charge is 0.319 e. The van der Waals surface area contributed by atoms with Crippen LogP contribution < -0.4 is 15.5 Å². The van der Waals surface area contributed by atoms with Gasteiger partial charge >= 0.3 is 6.03 Å². The zero-order valence-electron chi connectivity index (χ0n) is 15.1. The van der Waals surface area contributed by atoms with Crippen molar-refractivity contribution in [2.45, 2.75) is 32.6 Å². The summed E-state index contributed by atoms with van der Waals surface area (Å²) in [6.07, 6.45) is 3.31. The van der Waals surface area contributed by atoms with Gasteiger partial charge in [0.2, 0.25) is 5.91 Å². The number of amides is 3. The third kappa shape index (κ3) is 4.63. The second-order valence-electron chi connectivity index (χ2n) is 6.62. The summed E-state index contributed by atoms with van der Waals surface area (Å²) in [5, 5.41) is 5.74. The summed E-state index contributed by atoms with van der Waals surface area (Å²) in [6, 6.07) is 15.7. The van der Waals surface area contributed by atoms with Gasteiger partial charge in [0.1, 0.15) is 0 Å². The molecule has 3 rings (SSSR count). The van der Waals surface area contributed by atoms with E-state index >= 15 is 0 Å². The van der Waals surface area contributed by atoms with Crippen LogP contribution in [0.25, 0.3) is 0 Å². The number of carbonyl (C=O) groups is 2. The van der Waals surface area contributed by atoms with Crippen LogP contribution >= 0.6 is 0 Å². The van der Waals surface area contributed by atoms with Crippen LogP contribution in [0.3, 0.4) is 0 Å². The Kier molecular flexibility index (Phi) is 5.89. The lowest BCUT2D eigenvalue weighted by Gasteiger charge is -2.19. The second kappa shape index (κ2) is 8.52. The molecule has 0 saturated carbocycles. The van der Waals surface area contributed by atoms with E-state index in [1.54, 1.807) is 4.90 Å². The Labute approximate surface area is 154 Å². The fraction of sp³-hybridized carbons (Fsp3) is 0.333. The van der Waals surface area contributed by atoms with Crippen molar-refractivity contribution in [3.63, 3.8) is 0 Å². The molecule has 0 radical (unpaired) electrons. The average molecular weight is 351 g/mol. The van der Waals surface area contributed by atoms with Gasteiger partial charge in [-0.15, -0.1) is 0 Å². The number of anilines is 2. The molecule has 0 bridgehead atoms. The van der Waals surface area contributed by atoms with E-state index in [4.69, 9.17) is 0 Å². The molecule has 0 aliphatic carbocycles. The zero-order valence-corrected chi connectivity index (χ0v) is 15.1. The Hall–Kier alpha value is -2.82. The molecule has 1 saturated heterocycles. The summed E-state index contributed by atoms with van der Waals surface area (Å²) in [5.74, 6) is 0.149. The van der Waals surface area contributed by atoms with Crippen LogP contribution in [0.1, 0.15) is 30.4 Å². The highest BCUT2D eigenvalue weighted by atomic mass is 16.2. The van der Waals surface area contributed by atoms with Crippen molar-refractivity contribution in [2.24, 2.45) is 0 Å². The first kappa shape index (κ1) is 18.0. The summed E-state index contributed by atoms with van der Waals surface area (Å²) >= 11 is 0. The third-order valence-corrected chi connectivity index (χ3v) is 4.60. The molecule has 26 heavy (non-hydrogen) atoms. The lowest BCUT2D eigenvalue weighted by Crippen LogP contribution is -2.30. The number of nitrogens with one attached hydrogen (secondary N) is 2. The SMILES string of the molecule is Cc1ccc(NC(=O)NCCCc2ccccc2)cc1N1CCCC1=O. The van der Waals surface area contributed by atoms with Crippen molar-refractivity contribution in [3.05, 3.63) is 59.7 Å². The number of hydrogen-bond acceptors (Lipinski definition) is 2. The molecular weight excluding hydrogens is 326 g/mol. The summed E-state index contributed by atoms with van der Waals surface area (Å²) in [4.78, 5) is 25.9. The van der Waals surface area contributed by atoms with Gasteiger partial charge in [0.05, 0.1) is 0 Å². The molecule has 0 unspecified atom stereocenters. The third-order valence-electron chi connectivity index (χ3n) is 4.60. The van der Waals surface area contributed by atoms with Gasteiger partial charge in [0.25, 0.3) is 0 Å². The molecule has 2 aromatic rings. The number of rotatable bonds is 6. The quantitative estimate of drug-likeness (QED) is 0.776. The van der Waals surface area contributed by atoms with Crippen LogP contribution in [0.2, 0.25) is 0 Å². The molecule has 5 nitrogen and oxygen atoms in total. The molecule has 1 heterocycles. The van der Waals surface area contributed by atoms with Gasteiger partial charge in [-0.1, -0.05) is 36.4 Å². The molecule has 1 fully saturated rings. The Balaban J connectivity index is 1.50. The van der Waals surface area contributed by atoms with Gasteiger partial charge in [0, 0.05) is 30.9 Å². The number of urea groups is 1. The number of nitrogens with zero attached hydrogens (tertiary/aromatic N) is 1. The van der Waals surface area contributed by atoms with Gasteiger partial charge in [-0.3, -0.25) is 4.79 Å².